The van der Waals surface area contributed by atoms with Crippen molar-refractivity contribution in [1.82, 2.24) is 0 Å². The topological polar surface area (TPSA) is 215 Å². The molecule has 1 aliphatic heterocycles. The van der Waals surface area contributed by atoms with Gasteiger partial charge in [-0.15, -0.1) is 0 Å². The molecule has 0 aromatic rings. The fourth-order valence-corrected chi connectivity index (χ4v) is 5.00. The first kappa shape index (κ1) is 21.3. The average Bonchev–Trinajstić information content (AvgIpc) is 2.57. The van der Waals surface area contributed by atoms with Crippen LogP contribution in [0.2, 0.25) is 0 Å². The summed E-state index contributed by atoms with van der Waals surface area (Å²) >= 11 is 0. The van der Waals surface area contributed by atoms with Crippen LogP contribution < -0.4 is 5.73 Å². The maximum atomic E-state index is 11.6. The SMILES string of the molecule is CC1CC(O)C(CN)(COP(=O)(O)OP(=O)(O)OP(=O)(O)O)O1. The maximum absolute atomic E-state index is 11.6. The molecule has 0 aromatic heterocycles. The molecule has 1 fully saturated rings. The number of hydrogen-bond acceptors (Lipinski definition) is 9. The number of aliphatic hydroxyl groups excluding tert-OH is 1. The van der Waals surface area contributed by atoms with Crippen molar-refractivity contribution in [1.29, 1.82) is 0 Å². The molecule has 1 heterocycles. The van der Waals surface area contributed by atoms with E-state index in [9.17, 15) is 23.7 Å². The molecule has 0 radical (unpaired) electrons. The van der Waals surface area contributed by atoms with Crippen LogP contribution in [0, 0.1) is 0 Å². The zero-order valence-corrected chi connectivity index (χ0v) is 14.5. The van der Waals surface area contributed by atoms with Crippen LogP contribution >= 0.6 is 23.5 Å². The lowest BCUT2D eigenvalue weighted by Gasteiger charge is -2.30. The summed E-state index contributed by atoms with van der Waals surface area (Å²) in [7, 11) is -16.3. The molecule has 1 rings (SSSR count). The summed E-state index contributed by atoms with van der Waals surface area (Å²) < 4.78 is 50.1. The Hall–Kier alpha value is 0.290. The normalized spacial score (nSPS) is 34.0. The molecule has 5 unspecified atom stereocenters. The average molecular weight is 401 g/mol. The van der Waals surface area contributed by atoms with Gasteiger partial charge in [0, 0.05) is 13.0 Å². The second-order valence-corrected chi connectivity index (χ2v) is 9.23. The second kappa shape index (κ2) is 7.27. The van der Waals surface area contributed by atoms with Gasteiger partial charge in [-0.3, -0.25) is 4.52 Å². The highest BCUT2D eigenvalue weighted by molar-refractivity contribution is 7.66. The van der Waals surface area contributed by atoms with E-state index in [0.29, 0.717) is 0 Å². The predicted octanol–water partition coefficient (Wildman–Crippen LogP) is -0.803. The fourth-order valence-electron chi connectivity index (χ4n) is 1.92. The van der Waals surface area contributed by atoms with Crippen molar-refractivity contribution in [3.8, 4) is 0 Å². The van der Waals surface area contributed by atoms with Crippen molar-refractivity contribution in [3.63, 3.8) is 0 Å². The number of phosphoric acid groups is 3. The zero-order valence-electron chi connectivity index (χ0n) is 11.8. The molecule has 0 aliphatic carbocycles. The molecule has 1 aliphatic rings. The van der Waals surface area contributed by atoms with Crippen molar-refractivity contribution in [2.24, 2.45) is 5.73 Å². The molecular weight excluding hydrogens is 383 g/mol. The monoisotopic (exact) mass is 401 g/mol. The molecule has 0 saturated carbocycles. The number of phosphoric ester groups is 1. The van der Waals surface area contributed by atoms with Gasteiger partial charge in [-0.05, 0) is 6.92 Å². The minimum atomic E-state index is -5.59. The van der Waals surface area contributed by atoms with Gasteiger partial charge in [0.2, 0.25) is 0 Å². The smallest absolute Gasteiger partial charge is 0.390 e. The largest absolute Gasteiger partial charge is 0.490 e. The molecule has 0 bridgehead atoms. The molecule has 0 spiro atoms. The molecule has 1 saturated heterocycles. The third-order valence-electron chi connectivity index (χ3n) is 2.83. The number of ether oxygens (including phenoxy) is 1. The Balaban J connectivity index is 2.74. The summed E-state index contributed by atoms with van der Waals surface area (Å²) in [6.45, 7) is 0.540. The minimum Gasteiger partial charge on any atom is -0.390 e. The van der Waals surface area contributed by atoms with Gasteiger partial charge in [0.25, 0.3) is 0 Å². The first-order valence-corrected chi connectivity index (χ1v) is 10.6. The molecule has 0 aromatic carbocycles. The molecule has 5 atom stereocenters. The lowest BCUT2D eigenvalue weighted by molar-refractivity contribution is -0.0985. The fraction of sp³-hybridized carbons (Fsp3) is 1.00. The van der Waals surface area contributed by atoms with E-state index in [2.05, 4.69) is 13.1 Å². The van der Waals surface area contributed by atoms with Crippen LogP contribution in [0.3, 0.4) is 0 Å². The molecule has 0 amide bonds. The minimum absolute atomic E-state index is 0.178. The van der Waals surface area contributed by atoms with Crippen LogP contribution in [-0.4, -0.2) is 55.6 Å². The van der Waals surface area contributed by atoms with Gasteiger partial charge >= 0.3 is 23.5 Å². The lowest BCUT2D eigenvalue weighted by Crippen LogP contribution is -2.50. The number of rotatable bonds is 8. The Morgan fingerprint density at radius 3 is 2.13 bits per heavy atom. The van der Waals surface area contributed by atoms with Gasteiger partial charge in [0.1, 0.15) is 5.60 Å². The standard InChI is InChI=1S/C7H18NO12P3/c1-5-2-6(9)7(3-8,18-5)4-17-22(13,14)20-23(15,16)19-21(10,11)12/h5-6,9H,2-4,8H2,1H3,(H,13,14)(H,15,16)(H2,10,11,12). The van der Waals surface area contributed by atoms with Gasteiger partial charge in [-0.25, -0.2) is 13.7 Å². The Labute approximate surface area is 130 Å². The van der Waals surface area contributed by atoms with Crippen LogP contribution in [0.15, 0.2) is 0 Å². The van der Waals surface area contributed by atoms with Crippen molar-refractivity contribution in [2.45, 2.75) is 31.2 Å². The van der Waals surface area contributed by atoms with Crippen molar-refractivity contribution < 1.29 is 56.3 Å². The number of aliphatic hydroxyl groups is 1. The van der Waals surface area contributed by atoms with Gasteiger partial charge in [0.05, 0.1) is 18.8 Å². The van der Waals surface area contributed by atoms with E-state index in [-0.39, 0.29) is 13.0 Å². The van der Waals surface area contributed by atoms with Crippen LogP contribution in [0.1, 0.15) is 13.3 Å². The van der Waals surface area contributed by atoms with E-state index in [4.69, 9.17) is 25.2 Å². The molecule has 7 N–H and O–H groups in total. The molecule has 23 heavy (non-hydrogen) atoms. The quantitative estimate of drug-likeness (QED) is 0.275. The second-order valence-electron chi connectivity index (χ2n) is 4.81. The summed E-state index contributed by atoms with van der Waals surface area (Å²) in [6, 6.07) is 0. The Kier molecular flexibility index (Phi) is 6.74. The Morgan fingerprint density at radius 2 is 1.74 bits per heavy atom. The summed E-state index contributed by atoms with van der Waals surface area (Å²) in [4.78, 5) is 35.1. The third kappa shape index (κ3) is 6.60. The van der Waals surface area contributed by atoms with Crippen molar-refractivity contribution >= 4 is 23.5 Å². The van der Waals surface area contributed by atoms with E-state index in [0.717, 1.165) is 0 Å². The molecule has 138 valence electrons. The molecule has 16 heteroatoms. The highest BCUT2D eigenvalue weighted by atomic mass is 31.3. The van der Waals surface area contributed by atoms with E-state index in [1.807, 2.05) is 0 Å². The van der Waals surface area contributed by atoms with E-state index >= 15 is 0 Å². The predicted molar refractivity (Wildman–Crippen MR) is 72.8 cm³/mol. The summed E-state index contributed by atoms with van der Waals surface area (Å²) in [5.41, 5.74) is 3.92. The van der Waals surface area contributed by atoms with Gasteiger partial charge in [-0.2, -0.15) is 8.62 Å². The summed E-state index contributed by atoms with van der Waals surface area (Å²) in [6.07, 6.45) is -1.37. The number of hydrogen-bond donors (Lipinski definition) is 6. The lowest BCUT2D eigenvalue weighted by atomic mass is 9.98. The molecule has 13 nitrogen and oxygen atoms in total. The van der Waals surface area contributed by atoms with E-state index in [1.165, 1.54) is 0 Å². The van der Waals surface area contributed by atoms with Crippen LogP contribution in [0.5, 0.6) is 0 Å². The van der Waals surface area contributed by atoms with Gasteiger partial charge in [0.15, 0.2) is 0 Å². The Bertz CT molecular complexity index is 563. The van der Waals surface area contributed by atoms with E-state index in [1.54, 1.807) is 6.92 Å². The summed E-state index contributed by atoms with van der Waals surface area (Å²) in [5.74, 6) is 0. The van der Waals surface area contributed by atoms with Crippen LogP contribution in [0.4, 0.5) is 0 Å². The van der Waals surface area contributed by atoms with Crippen molar-refractivity contribution in [2.75, 3.05) is 13.2 Å². The molecular formula is C7H18NO12P3. The first-order chi connectivity index (χ1) is 10.2. The van der Waals surface area contributed by atoms with Crippen LogP contribution in [-0.2, 0) is 31.6 Å². The van der Waals surface area contributed by atoms with Gasteiger partial charge < -0.3 is 35.2 Å². The maximum Gasteiger partial charge on any atom is 0.490 e. The van der Waals surface area contributed by atoms with Crippen molar-refractivity contribution in [3.05, 3.63) is 0 Å². The third-order valence-corrected chi connectivity index (χ3v) is 6.61. The summed E-state index contributed by atoms with van der Waals surface area (Å²) in [5, 5.41) is 9.86. The van der Waals surface area contributed by atoms with E-state index < -0.39 is 47.9 Å². The highest BCUT2D eigenvalue weighted by Gasteiger charge is 2.49. The van der Waals surface area contributed by atoms with Gasteiger partial charge in [-0.1, -0.05) is 0 Å². The first-order valence-electron chi connectivity index (χ1n) is 6.05. The zero-order chi connectivity index (χ0) is 18.1. The number of nitrogens with two attached hydrogens (primary N) is 1. The van der Waals surface area contributed by atoms with Crippen LogP contribution in [0.25, 0.3) is 0 Å². The highest BCUT2D eigenvalue weighted by Crippen LogP contribution is 2.66. The Morgan fingerprint density at radius 1 is 1.17 bits per heavy atom.